The molecular formula is C18H21ClN6O3. The molecule has 10 heteroatoms. The smallest absolute Gasteiger partial charge is 0.325 e. The average molecular weight is 405 g/mol. The van der Waals surface area contributed by atoms with Crippen molar-refractivity contribution in [1.29, 1.82) is 0 Å². The zero-order valence-electron chi connectivity index (χ0n) is 15.8. The van der Waals surface area contributed by atoms with Gasteiger partial charge in [0.15, 0.2) is 12.2 Å². The number of halogens is 1. The number of fused-ring (bicyclic) bond motifs is 3. The summed E-state index contributed by atoms with van der Waals surface area (Å²) in [5.74, 6) is 1.05. The molecule has 3 amide bonds. The molecule has 148 valence electrons. The Morgan fingerprint density at radius 2 is 2.14 bits per heavy atom. The molecule has 2 atom stereocenters. The number of guanidine groups is 1. The van der Waals surface area contributed by atoms with Crippen molar-refractivity contribution >= 4 is 35.2 Å². The lowest BCUT2D eigenvalue weighted by molar-refractivity contribution is -0.126. The van der Waals surface area contributed by atoms with E-state index < -0.39 is 18.2 Å². The second kappa shape index (κ2) is 6.90. The molecular weight excluding hydrogens is 384 g/mol. The number of amides is 3. The summed E-state index contributed by atoms with van der Waals surface area (Å²) in [6.45, 7) is 3.18. The standard InChI is InChI=1S/C18H21ClN6O3/c1-10-9-25-14-15(23(2)18(27)22-16(14)26)21-17(25)24(10)7-6-20-12-8-11(19)4-5-13(12)28-3/h4-5,8-9,14-15,20H,6-7H2,1-3H3,(H,22,26,27). The van der Waals surface area contributed by atoms with Crippen molar-refractivity contribution in [2.45, 2.75) is 19.1 Å². The van der Waals surface area contributed by atoms with Gasteiger partial charge in [-0.1, -0.05) is 11.6 Å². The monoisotopic (exact) mass is 404 g/mol. The number of carbonyl (C=O) groups excluding carboxylic acids is 2. The van der Waals surface area contributed by atoms with Crippen LogP contribution in [0.1, 0.15) is 6.92 Å². The van der Waals surface area contributed by atoms with Crippen molar-refractivity contribution in [1.82, 2.24) is 20.0 Å². The van der Waals surface area contributed by atoms with Crippen molar-refractivity contribution in [3.8, 4) is 5.75 Å². The van der Waals surface area contributed by atoms with Crippen LogP contribution in [0.25, 0.3) is 0 Å². The minimum Gasteiger partial charge on any atom is -0.495 e. The quantitative estimate of drug-likeness (QED) is 0.772. The number of hydrogen-bond acceptors (Lipinski definition) is 7. The number of benzene rings is 1. The largest absolute Gasteiger partial charge is 0.495 e. The summed E-state index contributed by atoms with van der Waals surface area (Å²) in [4.78, 5) is 34.2. The highest BCUT2D eigenvalue weighted by molar-refractivity contribution is 6.30. The number of anilines is 1. The molecule has 4 rings (SSSR count). The third kappa shape index (κ3) is 2.91. The number of methoxy groups -OCH3 is 1. The molecule has 3 heterocycles. The summed E-state index contributed by atoms with van der Waals surface area (Å²) in [5.41, 5.74) is 1.78. The molecule has 1 fully saturated rings. The molecule has 0 aromatic heterocycles. The molecule has 1 aromatic carbocycles. The molecule has 0 radical (unpaired) electrons. The van der Waals surface area contributed by atoms with Crippen LogP contribution in [0.15, 0.2) is 35.1 Å². The zero-order chi connectivity index (χ0) is 20.0. The normalized spacial score (nSPS) is 23.2. The van der Waals surface area contributed by atoms with Gasteiger partial charge in [0.1, 0.15) is 5.75 Å². The lowest BCUT2D eigenvalue weighted by Gasteiger charge is -2.34. The predicted molar refractivity (Wildman–Crippen MR) is 105 cm³/mol. The van der Waals surface area contributed by atoms with Crippen LogP contribution in [0.2, 0.25) is 5.02 Å². The molecule has 1 saturated heterocycles. The highest BCUT2D eigenvalue weighted by Gasteiger charge is 2.51. The molecule has 3 aliphatic rings. The Morgan fingerprint density at radius 1 is 1.36 bits per heavy atom. The van der Waals surface area contributed by atoms with E-state index in [2.05, 4.69) is 15.6 Å². The van der Waals surface area contributed by atoms with Crippen LogP contribution in [0, 0.1) is 0 Å². The summed E-state index contributed by atoms with van der Waals surface area (Å²) < 4.78 is 5.35. The fraction of sp³-hybridized carbons (Fsp3) is 0.389. The van der Waals surface area contributed by atoms with E-state index in [1.807, 2.05) is 35.1 Å². The lowest BCUT2D eigenvalue weighted by atomic mass is 10.1. The van der Waals surface area contributed by atoms with Gasteiger partial charge in [0, 0.05) is 37.1 Å². The van der Waals surface area contributed by atoms with Gasteiger partial charge >= 0.3 is 6.03 Å². The maximum Gasteiger partial charge on any atom is 0.325 e. The molecule has 0 aliphatic carbocycles. The number of rotatable bonds is 5. The van der Waals surface area contributed by atoms with E-state index in [9.17, 15) is 9.59 Å². The SMILES string of the molecule is COc1ccc(Cl)cc1NCCN1C(C)=CN2C1=NC1C2C(=O)NC(=O)N1C. The van der Waals surface area contributed by atoms with Crippen LogP contribution in [-0.4, -0.2) is 72.1 Å². The molecule has 2 N–H and O–H groups in total. The van der Waals surface area contributed by atoms with Gasteiger partial charge in [-0.25, -0.2) is 9.79 Å². The maximum atomic E-state index is 12.3. The van der Waals surface area contributed by atoms with Crippen molar-refractivity contribution < 1.29 is 14.3 Å². The Kier molecular flexibility index (Phi) is 4.54. The van der Waals surface area contributed by atoms with Crippen molar-refractivity contribution in [3.63, 3.8) is 0 Å². The second-order valence-corrected chi connectivity index (χ2v) is 7.23. The zero-order valence-corrected chi connectivity index (χ0v) is 16.5. The molecule has 0 spiro atoms. The molecule has 28 heavy (non-hydrogen) atoms. The molecule has 0 saturated carbocycles. The van der Waals surface area contributed by atoms with Gasteiger partial charge < -0.3 is 24.8 Å². The highest BCUT2D eigenvalue weighted by atomic mass is 35.5. The Labute approximate surface area is 167 Å². The average Bonchev–Trinajstić information content (AvgIpc) is 3.16. The van der Waals surface area contributed by atoms with Crippen LogP contribution >= 0.6 is 11.6 Å². The van der Waals surface area contributed by atoms with Gasteiger partial charge in [0.05, 0.1) is 12.8 Å². The topological polar surface area (TPSA) is 89.5 Å². The Hall–Kier alpha value is -2.94. The number of ether oxygens (including phenoxy) is 1. The summed E-state index contributed by atoms with van der Waals surface area (Å²) in [5, 5.41) is 6.32. The van der Waals surface area contributed by atoms with Crippen molar-refractivity contribution in [3.05, 3.63) is 35.1 Å². The number of allylic oxidation sites excluding steroid dienone is 1. The number of imide groups is 1. The molecule has 9 nitrogen and oxygen atoms in total. The first-order valence-corrected chi connectivity index (χ1v) is 9.25. The summed E-state index contributed by atoms with van der Waals surface area (Å²) in [7, 11) is 3.25. The van der Waals surface area contributed by atoms with E-state index in [4.69, 9.17) is 16.3 Å². The Morgan fingerprint density at radius 3 is 2.89 bits per heavy atom. The van der Waals surface area contributed by atoms with Gasteiger partial charge in [-0.15, -0.1) is 0 Å². The van der Waals surface area contributed by atoms with Gasteiger partial charge in [0.25, 0.3) is 5.91 Å². The first-order chi connectivity index (χ1) is 13.4. The first kappa shape index (κ1) is 18.4. The number of nitrogens with one attached hydrogen (secondary N) is 2. The van der Waals surface area contributed by atoms with Gasteiger partial charge in [-0.3, -0.25) is 10.1 Å². The number of hydrogen-bond donors (Lipinski definition) is 2. The fourth-order valence-electron chi connectivity index (χ4n) is 3.64. The summed E-state index contributed by atoms with van der Waals surface area (Å²) in [6, 6.07) is 4.42. The first-order valence-electron chi connectivity index (χ1n) is 8.88. The number of nitrogens with zero attached hydrogens (tertiary/aromatic N) is 4. The minimum atomic E-state index is -0.543. The number of aliphatic imine (C=N–C) groups is 1. The number of carbonyl (C=O) groups is 2. The van der Waals surface area contributed by atoms with E-state index in [1.54, 1.807) is 20.2 Å². The Bertz CT molecular complexity index is 901. The summed E-state index contributed by atoms with van der Waals surface area (Å²) >= 11 is 6.07. The van der Waals surface area contributed by atoms with Crippen LogP contribution < -0.4 is 15.4 Å². The number of urea groups is 1. The molecule has 2 unspecified atom stereocenters. The van der Waals surface area contributed by atoms with E-state index >= 15 is 0 Å². The second-order valence-electron chi connectivity index (χ2n) is 6.79. The Balaban J connectivity index is 1.48. The van der Waals surface area contributed by atoms with Crippen LogP contribution in [-0.2, 0) is 4.79 Å². The van der Waals surface area contributed by atoms with E-state index in [0.29, 0.717) is 29.8 Å². The van der Waals surface area contributed by atoms with Gasteiger partial charge in [0.2, 0.25) is 5.96 Å². The fourth-order valence-corrected chi connectivity index (χ4v) is 3.82. The van der Waals surface area contributed by atoms with E-state index in [1.165, 1.54) is 4.90 Å². The van der Waals surface area contributed by atoms with E-state index in [-0.39, 0.29) is 5.91 Å². The van der Waals surface area contributed by atoms with Gasteiger partial charge in [-0.2, -0.15) is 0 Å². The maximum absolute atomic E-state index is 12.3. The molecule has 0 bridgehead atoms. The third-order valence-electron chi connectivity index (χ3n) is 5.08. The minimum absolute atomic E-state index is 0.334. The van der Waals surface area contributed by atoms with Gasteiger partial charge in [-0.05, 0) is 25.1 Å². The molecule has 3 aliphatic heterocycles. The van der Waals surface area contributed by atoms with Crippen LogP contribution in [0.3, 0.4) is 0 Å². The van der Waals surface area contributed by atoms with Crippen LogP contribution in [0.4, 0.5) is 10.5 Å². The summed E-state index contributed by atoms with van der Waals surface area (Å²) in [6.07, 6.45) is 1.37. The van der Waals surface area contributed by atoms with E-state index in [0.717, 1.165) is 11.4 Å². The third-order valence-corrected chi connectivity index (χ3v) is 5.32. The highest BCUT2D eigenvalue weighted by Crippen LogP contribution is 2.32. The van der Waals surface area contributed by atoms with Crippen molar-refractivity contribution in [2.75, 3.05) is 32.6 Å². The lowest BCUT2D eigenvalue weighted by Crippen LogP contribution is -2.62. The van der Waals surface area contributed by atoms with Crippen molar-refractivity contribution in [2.24, 2.45) is 4.99 Å². The molecule has 1 aromatic rings. The number of likely N-dealkylation sites (N-methyl/N-ethyl adjacent to an activating group) is 1. The predicted octanol–water partition coefficient (Wildman–Crippen LogP) is 1.49. The van der Waals surface area contributed by atoms with Crippen LogP contribution in [0.5, 0.6) is 5.75 Å².